The Morgan fingerprint density at radius 2 is 1.60 bits per heavy atom. The lowest BCUT2D eigenvalue weighted by molar-refractivity contribution is -0.141. The second-order valence-electron chi connectivity index (χ2n) is 8.80. The van der Waals surface area contributed by atoms with Crippen molar-refractivity contribution in [3.63, 3.8) is 0 Å². The maximum absolute atomic E-state index is 12.9. The Labute approximate surface area is 202 Å². The number of carbonyl (C=O) groups excluding carboxylic acids is 4. The lowest BCUT2D eigenvalue weighted by atomic mass is 10.0. The number of aliphatic hydroxyl groups is 1. The van der Waals surface area contributed by atoms with Gasteiger partial charge in [-0.25, -0.2) is 4.79 Å². The van der Waals surface area contributed by atoms with Crippen LogP contribution in [0.4, 0.5) is 0 Å². The standard InChI is InChI=1S/C23H32N4O8/c1-11(2)18-21(31)24-12(3)10-35-16-8-6-5-7-14(16)20(30)25-15(23(33)34)9-17(29)26-19(13(4)28)22(32)27-18/h5-8,11-13,15,18-19,28H,9-10H2,1-4H3,(H,24,31)(H,25,30)(H,26,29)(H,27,32)(H,33,34)/t12-,13+,15-,18+,19-/m0/s1. The van der Waals surface area contributed by atoms with Crippen molar-refractivity contribution in [1.29, 1.82) is 0 Å². The Morgan fingerprint density at radius 1 is 0.971 bits per heavy atom. The van der Waals surface area contributed by atoms with Gasteiger partial charge in [-0.1, -0.05) is 26.0 Å². The fourth-order valence-electron chi connectivity index (χ4n) is 3.41. The van der Waals surface area contributed by atoms with Crippen LogP contribution in [-0.4, -0.2) is 76.7 Å². The zero-order chi connectivity index (χ0) is 26.3. The predicted octanol–water partition coefficient (Wildman–Crippen LogP) is -0.837. The second kappa shape index (κ2) is 12.2. The molecule has 6 N–H and O–H groups in total. The van der Waals surface area contributed by atoms with E-state index in [-0.39, 0.29) is 23.8 Å². The number of carboxylic acid groups (broad SMARTS) is 1. The number of hydrogen-bond acceptors (Lipinski definition) is 7. The molecule has 0 unspecified atom stereocenters. The molecule has 0 aromatic heterocycles. The maximum atomic E-state index is 12.9. The largest absolute Gasteiger partial charge is 0.491 e. The zero-order valence-electron chi connectivity index (χ0n) is 20.0. The molecule has 1 aromatic carbocycles. The van der Waals surface area contributed by atoms with Crippen LogP contribution < -0.4 is 26.0 Å². The number of aliphatic carboxylic acids is 1. The van der Waals surface area contributed by atoms with Gasteiger partial charge in [0.25, 0.3) is 5.91 Å². The molecule has 5 atom stereocenters. The average molecular weight is 493 g/mol. The van der Waals surface area contributed by atoms with Gasteiger partial charge in [0, 0.05) is 0 Å². The fourth-order valence-corrected chi connectivity index (χ4v) is 3.41. The number of fused-ring (bicyclic) bond motifs is 1. The Morgan fingerprint density at radius 3 is 2.20 bits per heavy atom. The summed E-state index contributed by atoms with van der Waals surface area (Å²) in [6.45, 7) is 6.36. The SMILES string of the molecule is CC(C)[C@H]1NC(=O)[C@H]([C@@H](C)O)NC(=O)C[C@@H](C(=O)O)NC(=O)c2ccccc2OC[C@H](C)NC1=O. The molecular formula is C23H32N4O8. The molecule has 2 rings (SSSR count). The number of para-hydroxylation sites is 1. The number of rotatable bonds is 3. The zero-order valence-corrected chi connectivity index (χ0v) is 20.0. The Hall–Kier alpha value is -3.67. The van der Waals surface area contributed by atoms with E-state index in [2.05, 4.69) is 21.3 Å². The number of carboxylic acids is 1. The van der Waals surface area contributed by atoms with E-state index in [1.54, 1.807) is 32.9 Å². The third-order valence-electron chi connectivity index (χ3n) is 5.33. The van der Waals surface area contributed by atoms with Crippen molar-refractivity contribution >= 4 is 29.6 Å². The Bertz CT molecular complexity index is 965. The van der Waals surface area contributed by atoms with Crippen LogP contribution in [-0.2, 0) is 19.2 Å². The lowest BCUT2D eigenvalue weighted by Gasteiger charge is -2.27. The van der Waals surface area contributed by atoms with Gasteiger partial charge >= 0.3 is 5.97 Å². The highest BCUT2D eigenvalue weighted by Crippen LogP contribution is 2.19. The first-order valence-corrected chi connectivity index (χ1v) is 11.2. The summed E-state index contributed by atoms with van der Waals surface area (Å²) in [5, 5.41) is 29.4. The molecule has 1 heterocycles. The minimum atomic E-state index is -1.62. The minimum Gasteiger partial charge on any atom is -0.491 e. The molecule has 0 fully saturated rings. The van der Waals surface area contributed by atoms with E-state index < -0.39 is 66.3 Å². The van der Waals surface area contributed by atoms with Gasteiger partial charge in [-0.05, 0) is 31.9 Å². The molecular weight excluding hydrogens is 460 g/mol. The number of nitrogens with one attached hydrogen (secondary N) is 4. The lowest BCUT2D eigenvalue weighted by Crippen LogP contribution is -2.59. The minimum absolute atomic E-state index is 0.0203. The van der Waals surface area contributed by atoms with Crippen molar-refractivity contribution in [2.45, 2.75) is 64.4 Å². The van der Waals surface area contributed by atoms with Crippen LogP contribution in [0.5, 0.6) is 5.75 Å². The van der Waals surface area contributed by atoms with Crippen molar-refractivity contribution in [2.24, 2.45) is 5.92 Å². The third kappa shape index (κ3) is 7.67. The van der Waals surface area contributed by atoms with Gasteiger partial charge < -0.3 is 36.2 Å². The van der Waals surface area contributed by atoms with Crippen LogP contribution in [0, 0.1) is 5.92 Å². The molecule has 0 saturated heterocycles. The first-order valence-electron chi connectivity index (χ1n) is 11.2. The molecule has 1 aliphatic rings. The average Bonchev–Trinajstić information content (AvgIpc) is 2.78. The smallest absolute Gasteiger partial charge is 0.326 e. The summed E-state index contributed by atoms with van der Waals surface area (Å²) < 4.78 is 5.70. The monoisotopic (exact) mass is 492 g/mol. The number of carbonyl (C=O) groups is 5. The number of ether oxygens (including phenoxy) is 1. The number of aliphatic hydroxyl groups excluding tert-OH is 1. The molecule has 35 heavy (non-hydrogen) atoms. The highest BCUT2D eigenvalue weighted by atomic mass is 16.5. The van der Waals surface area contributed by atoms with Gasteiger partial charge in [0.05, 0.1) is 24.1 Å². The van der Waals surface area contributed by atoms with E-state index in [4.69, 9.17) is 4.74 Å². The molecule has 0 spiro atoms. The van der Waals surface area contributed by atoms with E-state index in [9.17, 15) is 34.2 Å². The summed E-state index contributed by atoms with van der Waals surface area (Å²) in [4.78, 5) is 62.8. The van der Waals surface area contributed by atoms with Gasteiger partial charge in [-0.15, -0.1) is 0 Å². The summed E-state index contributed by atoms with van der Waals surface area (Å²) in [7, 11) is 0. The highest BCUT2D eigenvalue weighted by Gasteiger charge is 2.33. The molecule has 0 bridgehead atoms. The number of benzene rings is 1. The normalized spacial score (nSPS) is 25.7. The molecule has 0 aliphatic carbocycles. The Kier molecular flexibility index (Phi) is 9.58. The summed E-state index contributed by atoms with van der Waals surface area (Å²) in [6.07, 6.45) is -2.06. The topological polar surface area (TPSA) is 183 Å². The fraction of sp³-hybridized carbons (Fsp3) is 0.522. The summed E-state index contributed by atoms with van der Waals surface area (Å²) in [6, 6.07) is 1.56. The molecule has 12 nitrogen and oxygen atoms in total. The predicted molar refractivity (Wildman–Crippen MR) is 123 cm³/mol. The molecule has 12 heteroatoms. The molecule has 0 saturated carbocycles. The van der Waals surface area contributed by atoms with Gasteiger partial charge in [-0.3, -0.25) is 19.2 Å². The van der Waals surface area contributed by atoms with Crippen LogP contribution >= 0.6 is 0 Å². The quantitative estimate of drug-likeness (QED) is 0.316. The van der Waals surface area contributed by atoms with Crippen molar-refractivity contribution < 1.29 is 38.9 Å². The molecule has 4 amide bonds. The van der Waals surface area contributed by atoms with Crippen LogP contribution in [0.3, 0.4) is 0 Å². The van der Waals surface area contributed by atoms with Gasteiger partial charge in [0.15, 0.2) is 0 Å². The highest BCUT2D eigenvalue weighted by molar-refractivity contribution is 6.00. The summed E-state index contributed by atoms with van der Waals surface area (Å²) in [5.41, 5.74) is 0.0424. The van der Waals surface area contributed by atoms with Crippen molar-refractivity contribution in [1.82, 2.24) is 21.3 Å². The van der Waals surface area contributed by atoms with E-state index in [1.807, 2.05) is 0 Å². The van der Waals surface area contributed by atoms with E-state index in [1.165, 1.54) is 19.1 Å². The first-order chi connectivity index (χ1) is 16.4. The van der Waals surface area contributed by atoms with Gasteiger partial charge in [-0.2, -0.15) is 0 Å². The number of hydrogen-bond donors (Lipinski definition) is 6. The molecule has 1 aliphatic heterocycles. The third-order valence-corrected chi connectivity index (χ3v) is 5.33. The van der Waals surface area contributed by atoms with Crippen molar-refractivity contribution in [3.8, 4) is 5.75 Å². The van der Waals surface area contributed by atoms with Crippen molar-refractivity contribution in [3.05, 3.63) is 29.8 Å². The van der Waals surface area contributed by atoms with Crippen LogP contribution in [0.1, 0.15) is 44.5 Å². The van der Waals surface area contributed by atoms with Gasteiger partial charge in [0.2, 0.25) is 17.7 Å². The van der Waals surface area contributed by atoms with E-state index in [0.29, 0.717) is 0 Å². The van der Waals surface area contributed by atoms with Gasteiger partial charge in [0.1, 0.15) is 30.5 Å². The van der Waals surface area contributed by atoms with Crippen LogP contribution in [0.15, 0.2) is 24.3 Å². The second-order valence-corrected chi connectivity index (χ2v) is 8.80. The van der Waals surface area contributed by atoms with Crippen LogP contribution in [0.2, 0.25) is 0 Å². The van der Waals surface area contributed by atoms with Crippen LogP contribution in [0.25, 0.3) is 0 Å². The first kappa shape index (κ1) is 27.6. The van der Waals surface area contributed by atoms with E-state index >= 15 is 0 Å². The molecule has 1 aromatic rings. The number of amides is 4. The molecule has 0 radical (unpaired) electrons. The maximum Gasteiger partial charge on any atom is 0.326 e. The summed E-state index contributed by atoms with van der Waals surface area (Å²) >= 11 is 0. The molecule has 192 valence electrons. The van der Waals surface area contributed by atoms with E-state index in [0.717, 1.165) is 0 Å². The Balaban J connectivity index is 2.43. The van der Waals surface area contributed by atoms with Crippen molar-refractivity contribution in [2.75, 3.05) is 6.61 Å². The summed E-state index contributed by atoms with van der Waals surface area (Å²) in [5.74, 6) is -4.64.